The predicted octanol–water partition coefficient (Wildman–Crippen LogP) is 5.67. The van der Waals surface area contributed by atoms with Gasteiger partial charge in [-0.05, 0) is 111 Å². The molecule has 0 aromatic heterocycles. The smallest absolute Gasteiger partial charge is 0.331 e. The van der Waals surface area contributed by atoms with Crippen LogP contribution in [0.3, 0.4) is 0 Å². The molecule has 4 aliphatic rings. The highest BCUT2D eigenvalue weighted by molar-refractivity contribution is 5.88. The molecule has 0 saturated heterocycles. The topological polar surface area (TPSA) is 104 Å². The molecule has 208 valence electrons. The molecule has 6 heteroatoms. The van der Waals surface area contributed by atoms with E-state index in [0.717, 1.165) is 36.8 Å². The fraction of sp³-hybridized carbons (Fsp3) is 0.806. The van der Waals surface area contributed by atoms with Crippen LogP contribution in [0.5, 0.6) is 0 Å². The average molecular weight is 517 g/mol. The third-order valence-corrected chi connectivity index (χ3v) is 11.6. The van der Waals surface area contributed by atoms with E-state index in [1.165, 1.54) is 6.92 Å². The zero-order chi connectivity index (χ0) is 27.5. The fourth-order valence-electron chi connectivity index (χ4n) is 9.79. The number of ether oxygens (including phenoxy) is 1. The maximum atomic E-state index is 12.6. The molecule has 6 nitrogen and oxygen atoms in total. The quantitative estimate of drug-likeness (QED) is 0.247. The lowest BCUT2D eigenvalue weighted by atomic mass is 9.36. The summed E-state index contributed by atoms with van der Waals surface area (Å²) in [5, 5.41) is 32.9. The molecule has 0 aromatic carbocycles. The number of carbonyl (C=O) groups excluding carboxylic acids is 1. The normalized spacial score (nSPS) is 46.2. The van der Waals surface area contributed by atoms with Gasteiger partial charge in [0.2, 0.25) is 0 Å². The second-order valence-corrected chi connectivity index (χ2v) is 13.6. The van der Waals surface area contributed by atoms with E-state index in [2.05, 4.69) is 27.7 Å². The highest BCUT2D eigenvalue weighted by atomic mass is 16.5. The first kappa shape index (κ1) is 28.4. The summed E-state index contributed by atoms with van der Waals surface area (Å²) in [5.74, 6) is -0.909. The van der Waals surface area contributed by atoms with Crippen LogP contribution in [0.4, 0.5) is 0 Å². The number of aliphatic hydroxyl groups is 2. The van der Waals surface area contributed by atoms with Crippen LogP contribution < -0.4 is 0 Å². The van der Waals surface area contributed by atoms with Crippen LogP contribution in [0.15, 0.2) is 22.8 Å². The third-order valence-electron chi connectivity index (χ3n) is 11.6. The van der Waals surface area contributed by atoms with Gasteiger partial charge in [-0.1, -0.05) is 39.3 Å². The molecule has 0 amide bonds. The van der Waals surface area contributed by atoms with E-state index < -0.39 is 24.1 Å². The molecular weight excluding hydrogens is 468 g/mol. The van der Waals surface area contributed by atoms with E-state index in [0.29, 0.717) is 37.2 Å². The minimum absolute atomic E-state index is 0.0474. The van der Waals surface area contributed by atoms with Crippen molar-refractivity contribution in [1.29, 1.82) is 0 Å². The summed E-state index contributed by atoms with van der Waals surface area (Å²) in [6.07, 6.45) is 6.22. The van der Waals surface area contributed by atoms with Gasteiger partial charge in [0.05, 0.1) is 12.2 Å². The number of rotatable bonds is 5. The predicted molar refractivity (Wildman–Crippen MR) is 143 cm³/mol. The lowest BCUT2D eigenvalue weighted by Crippen LogP contribution is -2.65. The second-order valence-electron chi connectivity index (χ2n) is 13.6. The first-order chi connectivity index (χ1) is 17.2. The molecule has 0 radical (unpaired) electrons. The number of carbonyl (C=O) groups is 2. The van der Waals surface area contributed by atoms with Crippen molar-refractivity contribution in [2.45, 2.75) is 118 Å². The number of aliphatic hydroxyl groups excluding tert-OH is 2. The maximum absolute atomic E-state index is 12.6. The van der Waals surface area contributed by atoms with Gasteiger partial charge in [-0.2, -0.15) is 0 Å². The molecule has 0 aliphatic heterocycles. The van der Waals surface area contributed by atoms with Crippen molar-refractivity contribution in [1.82, 2.24) is 0 Å². The van der Waals surface area contributed by atoms with Crippen molar-refractivity contribution in [2.75, 3.05) is 0 Å². The molecule has 37 heavy (non-hydrogen) atoms. The highest BCUT2D eigenvalue weighted by Gasteiger charge is 2.70. The molecule has 0 unspecified atom stereocenters. The van der Waals surface area contributed by atoms with E-state index in [9.17, 15) is 24.9 Å². The highest BCUT2D eigenvalue weighted by Crippen LogP contribution is 2.74. The van der Waals surface area contributed by atoms with Crippen LogP contribution in [0.1, 0.15) is 99.8 Å². The van der Waals surface area contributed by atoms with Gasteiger partial charge < -0.3 is 20.1 Å². The number of esters is 1. The molecule has 4 aliphatic carbocycles. The van der Waals surface area contributed by atoms with Crippen LogP contribution in [0.2, 0.25) is 0 Å². The summed E-state index contributed by atoms with van der Waals surface area (Å²) in [7, 11) is 0. The monoisotopic (exact) mass is 516 g/mol. The van der Waals surface area contributed by atoms with Gasteiger partial charge >= 0.3 is 11.9 Å². The number of allylic oxidation sites excluding steroid dienone is 2. The van der Waals surface area contributed by atoms with Crippen LogP contribution in [0.25, 0.3) is 0 Å². The molecule has 4 saturated carbocycles. The van der Waals surface area contributed by atoms with Crippen LogP contribution in [-0.4, -0.2) is 45.6 Å². The summed E-state index contributed by atoms with van der Waals surface area (Å²) >= 11 is 0. The van der Waals surface area contributed by atoms with Crippen molar-refractivity contribution in [3.63, 3.8) is 0 Å². The number of aliphatic carboxylic acids is 1. The number of carboxylic acids is 1. The van der Waals surface area contributed by atoms with E-state index in [-0.39, 0.29) is 40.1 Å². The number of fused-ring (bicyclic) bond motifs is 5. The summed E-state index contributed by atoms with van der Waals surface area (Å²) in [6, 6.07) is 0. The Morgan fingerprint density at radius 1 is 1.03 bits per heavy atom. The lowest BCUT2D eigenvalue weighted by Gasteiger charge is -2.69. The second kappa shape index (κ2) is 9.82. The molecule has 0 spiro atoms. The van der Waals surface area contributed by atoms with E-state index in [1.54, 1.807) is 0 Å². The van der Waals surface area contributed by atoms with Gasteiger partial charge in [-0.3, -0.25) is 4.79 Å². The molecule has 3 N–H and O–H groups in total. The Labute approximate surface area is 222 Å². The van der Waals surface area contributed by atoms with Crippen molar-refractivity contribution in [3.8, 4) is 0 Å². The first-order valence-electron chi connectivity index (χ1n) is 14.3. The van der Waals surface area contributed by atoms with E-state index in [4.69, 9.17) is 4.74 Å². The largest absolute Gasteiger partial charge is 0.478 e. The van der Waals surface area contributed by atoms with Crippen LogP contribution in [-0.2, 0) is 14.3 Å². The number of hydrogen-bond acceptors (Lipinski definition) is 5. The fourth-order valence-corrected chi connectivity index (χ4v) is 9.79. The Hall–Kier alpha value is -1.66. The summed E-state index contributed by atoms with van der Waals surface area (Å²) < 4.78 is 5.87. The molecule has 4 fully saturated rings. The van der Waals surface area contributed by atoms with Crippen molar-refractivity contribution < 1.29 is 29.6 Å². The van der Waals surface area contributed by atoms with Gasteiger partial charge in [0.1, 0.15) is 6.10 Å². The van der Waals surface area contributed by atoms with Gasteiger partial charge in [-0.15, -0.1) is 0 Å². The van der Waals surface area contributed by atoms with Gasteiger partial charge in [0.15, 0.2) is 0 Å². The Morgan fingerprint density at radius 2 is 1.70 bits per heavy atom. The minimum atomic E-state index is -0.953. The number of carboxylic acid groups (broad SMARTS) is 1. The van der Waals surface area contributed by atoms with Crippen molar-refractivity contribution >= 4 is 11.9 Å². The van der Waals surface area contributed by atoms with Crippen molar-refractivity contribution in [3.05, 3.63) is 22.8 Å². The minimum Gasteiger partial charge on any atom is -0.478 e. The zero-order valence-corrected chi connectivity index (χ0v) is 23.8. The molecule has 0 bridgehead atoms. The summed E-state index contributed by atoms with van der Waals surface area (Å²) in [6.45, 7) is 14.5. The van der Waals surface area contributed by atoms with Gasteiger partial charge in [-0.25, -0.2) is 4.79 Å². The molecule has 0 aromatic rings. The molecular formula is C31H48O6. The SMILES string of the molecule is CC(=O)O[C@H]1C[C@@]2(C)[C@H](C[C@@H](O)[C@@H]3[C@@]4(C)CC[C@@H](O)[C@@H](C)[C@H]4CC[C@@]32C)/C1=C(\CCC=C(C)C)C(=O)O. The third kappa shape index (κ3) is 4.40. The lowest BCUT2D eigenvalue weighted by molar-refractivity contribution is -0.234. The van der Waals surface area contributed by atoms with E-state index in [1.807, 2.05) is 19.9 Å². The maximum Gasteiger partial charge on any atom is 0.331 e. The Bertz CT molecular complexity index is 994. The number of hydrogen-bond donors (Lipinski definition) is 3. The molecule has 0 heterocycles. The van der Waals surface area contributed by atoms with Crippen LogP contribution in [0, 0.1) is 39.9 Å². The Morgan fingerprint density at radius 3 is 2.30 bits per heavy atom. The average Bonchev–Trinajstić information content (AvgIpc) is 3.05. The molecule has 4 rings (SSSR count). The van der Waals surface area contributed by atoms with Gasteiger partial charge in [0, 0.05) is 12.5 Å². The molecule has 10 atom stereocenters. The Balaban J connectivity index is 1.82. The van der Waals surface area contributed by atoms with Crippen LogP contribution >= 0.6 is 0 Å². The standard InChI is InChI=1S/C31H48O6/c1-17(2)9-8-10-20(28(35)36)26-22-15-24(34)27-29(5)13-12-23(33)18(3)21(29)11-14-30(27,6)31(22,7)16-25(26)37-19(4)32/h9,18,21-25,27,33-34H,8,10-16H2,1-7H3,(H,35,36)/b26-20-/t18-,21+,22+,23+,24+,25-,27+,29-,30-,31-/m0/s1. The zero-order valence-electron chi connectivity index (χ0n) is 23.8. The Kier molecular flexibility index (Phi) is 7.53. The van der Waals surface area contributed by atoms with Gasteiger partial charge in [0.25, 0.3) is 0 Å². The summed E-state index contributed by atoms with van der Waals surface area (Å²) in [5.41, 5.74) is 1.57. The van der Waals surface area contributed by atoms with Crippen molar-refractivity contribution in [2.24, 2.45) is 39.9 Å². The summed E-state index contributed by atoms with van der Waals surface area (Å²) in [4.78, 5) is 24.8. The first-order valence-corrected chi connectivity index (χ1v) is 14.3. The van der Waals surface area contributed by atoms with E-state index >= 15 is 0 Å².